The van der Waals surface area contributed by atoms with Crippen molar-refractivity contribution in [3.8, 4) is 5.75 Å². The van der Waals surface area contributed by atoms with Crippen molar-refractivity contribution in [2.75, 3.05) is 13.1 Å². The van der Waals surface area contributed by atoms with E-state index in [1.165, 1.54) is 0 Å². The second kappa shape index (κ2) is 11.9. The summed E-state index contributed by atoms with van der Waals surface area (Å²) in [4.78, 5) is 22.6. The number of para-hydroxylation sites is 1. The van der Waals surface area contributed by atoms with Crippen molar-refractivity contribution < 1.29 is 19.1 Å². The van der Waals surface area contributed by atoms with Crippen molar-refractivity contribution in [1.82, 2.24) is 14.9 Å². The third-order valence-electron chi connectivity index (χ3n) is 6.85. The highest BCUT2D eigenvalue weighted by Gasteiger charge is 2.35. The smallest absolute Gasteiger partial charge is 0.410 e. The number of aromatic nitrogens is 2. The number of pyridine rings is 1. The van der Waals surface area contributed by atoms with E-state index in [2.05, 4.69) is 30.7 Å². The lowest BCUT2D eigenvalue weighted by Crippen LogP contribution is -2.44. The maximum atomic E-state index is 13.4. The van der Waals surface area contributed by atoms with E-state index in [9.17, 15) is 9.90 Å². The Morgan fingerprint density at radius 3 is 2.47 bits per heavy atom. The summed E-state index contributed by atoms with van der Waals surface area (Å²) in [7, 11) is -1.97. The van der Waals surface area contributed by atoms with Gasteiger partial charge in [-0.3, -0.25) is 4.98 Å². The standard InChI is InChI=1S/C28H41N3O4Si/c1-7-36(8-2,9-3)35-25(22-12-11-16-29-18-22)20-31(27(33)34-28(4,5)6)17-15-21-19-30-26-23(21)13-10-14-24(26)32/h10-14,16,18-19,25,30,32H,7-9,15,17,20H2,1-6H3/t25-/m0/s1. The minimum absolute atomic E-state index is 0.216. The quantitative estimate of drug-likeness (QED) is 0.276. The molecule has 0 unspecified atom stereocenters. The average Bonchev–Trinajstić information content (AvgIpc) is 3.28. The fraction of sp³-hybridized carbons (Fsp3) is 0.500. The van der Waals surface area contributed by atoms with Gasteiger partial charge in [0.25, 0.3) is 0 Å². The Hall–Kier alpha value is -2.84. The summed E-state index contributed by atoms with van der Waals surface area (Å²) in [5.41, 5.74) is 2.10. The molecule has 0 aliphatic heterocycles. The van der Waals surface area contributed by atoms with E-state index in [4.69, 9.17) is 9.16 Å². The maximum absolute atomic E-state index is 13.4. The van der Waals surface area contributed by atoms with Gasteiger partial charge in [-0.05, 0) is 68.6 Å². The van der Waals surface area contributed by atoms with Gasteiger partial charge in [-0.15, -0.1) is 0 Å². The SMILES string of the molecule is CC[Si](CC)(CC)O[C@@H](CN(CCc1c[nH]c2c(O)cccc12)C(=O)OC(C)(C)C)c1cccnc1. The maximum Gasteiger partial charge on any atom is 0.410 e. The third kappa shape index (κ3) is 6.88. The molecule has 0 saturated carbocycles. The molecule has 1 aromatic carbocycles. The number of amides is 1. The second-order valence-corrected chi connectivity index (χ2v) is 15.0. The van der Waals surface area contributed by atoms with Crippen LogP contribution >= 0.6 is 0 Å². The lowest BCUT2D eigenvalue weighted by molar-refractivity contribution is 0.0160. The number of fused-ring (bicyclic) bond motifs is 1. The molecular weight excluding hydrogens is 470 g/mol. The second-order valence-electron chi connectivity index (χ2n) is 10.3. The van der Waals surface area contributed by atoms with Crippen LogP contribution in [0, 0.1) is 0 Å². The summed E-state index contributed by atoms with van der Waals surface area (Å²) >= 11 is 0. The molecule has 0 aliphatic rings. The van der Waals surface area contributed by atoms with E-state index in [-0.39, 0.29) is 17.9 Å². The summed E-state index contributed by atoms with van der Waals surface area (Å²) in [6.07, 6.45) is 5.45. The minimum atomic E-state index is -1.97. The first-order chi connectivity index (χ1) is 17.1. The summed E-state index contributed by atoms with van der Waals surface area (Å²) in [6.45, 7) is 13.1. The molecule has 3 aromatic rings. The number of phenolic OH excluding ortho intramolecular Hbond substituents is 1. The monoisotopic (exact) mass is 511 g/mol. The van der Waals surface area contributed by atoms with Crippen LogP contribution in [0.2, 0.25) is 18.1 Å². The van der Waals surface area contributed by atoms with E-state index in [0.717, 1.165) is 34.6 Å². The Morgan fingerprint density at radius 1 is 1.14 bits per heavy atom. The minimum Gasteiger partial charge on any atom is -0.506 e. The molecule has 0 radical (unpaired) electrons. The molecule has 0 spiro atoms. The van der Waals surface area contributed by atoms with Gasteiger partial charge in [-0.2, -0.15) is 0 Å². The molecule has 7 nitrogen and oxygen atoms in total. The molecule has 0 fully saturated rings. The van der Waals surface area contributed by atoms with E-state index < -0.39 is 13.9 Å². The van der Waals surface area contributed by atoms with Crippen LogP contribution in [0.1, 0.15) is 58.8 Å². The van der Waals surface area contributed by atoms with E-state index in [1.54, 1.807) is 17.2 Å². The Balaban J connectivity index is 1.90. The Kier molecular flexibility index (Phi) is 9.19. The zero-order valence-corrected chi connectivity index (χ0v) is 23.5. The summed E-state index contributed by atoms with van der Waals surface area (Å²) < 4.78 is 12.7. The van der Waals surface area contributed by atoms with Gasteiger partial charge in [0.2, 0.25) is 0 Å². The zero-order valence-electron chi connectivity index (χ0n) is 22.5. The van der Waals surface area contributed by atoms with Crippen molar-refractivity contribution in [1.29, 1.82) is 0 Å². The Morgan fingerprint density at radius 2 is 1.86 bits per heavy atom. The number of phenols is 1. The molecule has 1 amide bonds. The molecule has 8 heteroatoms. The van der Waals surface area contributed by atoms with Crippen molar-refractivity contribution in [2.45, 2.75) is 77.8 Å². The molecule has 196 valence electrons. The van der Waals surface area contributed by atoms with Gasteiger partial charge >= 0.3 is 6.09 Å². The lowest BCUT2D eigenvalue weighted by atomic mass is 10.1. The highest BCUT2D eigenvalue weighted by molar-refractivity contribution is 6.73. The molecular formula is C28H41N3O4Si. The normalized spacial score (nSPS) is 13.1. The van der Waals surface area contributed by atoms with E-state index >= 15 is 0 Å². The van der Waals surface area contributed by atoms with E-state index in [1.807, 2.05) is 57.4 Å². The molecule has 1 atom stereocenters. The van der Waals surface area contributed by atoms with Crippen LogP contribution in [0.4, 0.5) is 4.79 Å². The first kappa shape index (κ1) is 27.7. The number of aromatic amines is 1. The zero-order chi connectivity index (χ0) is 26.3. The number of nitrogens with one attached hydrogen (secondary N) is 1. The molecule has 2 N–H and O–H groups in total. The van der Waals surface area contributed by atoms with Crippen LogP contribution in [-0.2, 0) is 15.6 Å². The van der Waals surface area contributed by atoms with Crippen LogP contribution in [0.5, 0.6) is 5.75 Å². The Bertz CT molecular complexity index is 1110. The average molecular weight is 512 g/mol. The number of carbonyl (C=O) groups excluding carboxylic acids is 1. The van der Waals surface area contributed by atoms with Gasteiger partial charge in [0, 0.05) is 30.5 Å². The van der Waals surface area contributed by atoms with Crippen LogP contribution in [0.25, 0.3) is 10.9 Å². The van der Waals surface area contributed by atoms with Crippen molar-refractivity contribution in [2.24, 2.45) is 0 Å². The van der Waals surface area contributed by atoms with Crippen LogP contribution in [-0.4, -0.2) is 53.1 Å². The van der Waals surface area contributed by atoms with Crippen molar-refractivity contribution in [3.05, 3.63) is 60.0 Å². The fourth-order valence-electron chi connectivity index (χ4n) is 4.52. The van der Waals surface area contributed by atoms with Gasteiger partial charge < -0.3 is 24.2 Å². The molecule has 3 rings (SSSR count). The van der Waals surface area contributed by atoms with Crippen molar-refractivity contribution in [3.63, 3.8) is 0 Å². The number of benzene rings is 1. The topological polar surface area (TPSA) is 87.7 Å². The summed E-state index contributed by atoms with van der Waals surface area (Å²) in [5.74, 6) is 0.216. The van der Waals surface area contributed by atoms with Gasteiger partial charge in [-0.1, -0.05) is 39.0 Å². The largest absolute Gasteiger partial charge is 0.506 e. The lowest BCUT2D eigenvalue weighted by Gasteiger charge is -2.36. The predicted octanol–water partition coefficient (Wildman–Crippen LogP) is 6.81. The number of rotatable bonds is 11. The molecule has 0 aliphatic carbocycles. The highest BCUT2D eigenvalue weighted by atomic mass is 28.4. The first-order valence-electron chi connectivity index (χ1n) is 12.9. The Labute approximate surface area is 216 Å². The fourth-order valence-corrected chi connectivity index (χ4v) is 7.34. The van der Waals surface area contributed by atoms with Gasteiger partial charge in [0.15, 0.2) is 8.32 Å². The number of hydrogen-bond donors (Lipinski definition) is 2. The number of nitrogens with zero attached hydrogens (tertiary/aromatic N) is 2. The van der Waals surface area contributed by atoms with Crippen LogP contribution < -0.4 is 0 Å². The summed E-state index contributed by atoms with van der Waals surface area (Å²) in [5, 5.41) is 11.1. The molecule has 0 saturated heterocycles. The first-order valence-corrected chi connectivity index (χ1v) is 15.5. The number of carbonyl (C=O) groups is 1. The summed E-state index contributed by atoms with van der Waals surface area (Å²) in [6, 6.07) is 12.5. The van der Waals surface area contributed by atoms with Crippen LogP contribution in [0.3, 0.4) is 0 Å². The van der Waals surface area contributed by atoms with Gasteiger partial charge in [0.05, 0.1) is 18.2 Å². The van der Waals surface area contributed by atoms with Gasteiger partial charge in [-0.25, -0.2) is 4.79 Å². The van der Waals surface area contributed by atoms with Crippen molar-refractivity contribution >= 4 is 25.3 Å². The van der Waals surface area contributed by atoms with E-state index in [0.29, 0.717) is 25.0 Å². The third-order valence-corrected chi connectivity index (χ3v) is 11.5. The van der Waals surface area contributed by atoms with Crippen LogP contribution in [0.15, 0.2) is 48.9 Å². The number of aromatic hydroxyl groups is 1. The molecule has 2 heterocycles. The predicted molar refractivity (Wildman–Crippen MR) is 147 cm³/mol. The molecule has 0 bridgehead atoms. The molecule has 36 heavy (non-hydrogen) atoms. The van der Waals surface area contributed by atoms with Gasteiger partial charge in [0.1, 0.15) is 11.4 Å². The molecule has 2 aromatic heterocycles. The highest BCUT2D eigenvalue weighted by Crippen LogP contribution is 2.31. The number of hydrogen-bond acceptors (Lipinski definition) is 5. The number of H-pyrrole nitrogens is 1. The number of ether oxygens (including phenoxy) is 1.